The standard InChI is InChI=1S/C15H21N3O3S/c1-3-21-15(20)10-18-7-5-13(17-18)8-12-9-16-6-4-14(12)22-11(2)19/h5,7-8,14,16H,3-4,6,9-10H2,1-2H3/b12-8-. The topological polar surface area (TPSA) is 73.2 Å². The van der Waals surface area contributed by atoms with Gasteiger partial charge in [-0.25, -0.2) is 0 Å². The Kier molecular flexibility index (Phi) is 6.21. The molecule has 2 rings (SSSR count). The Morgan fingerprint density at radius 2 is 2.41 bits per heavy atom. The first-order valence-electron chi connectivity index (χ1n) is 7.36. The zero-order chi connectivity index (χ0) is 15.9. The molecule has 6 nitrogen and oxygen atoms in total. The summed E-state index contributed by atoms with van der Waals surface area (Å²) in [6, 6.07) is 1.86. The van der Waals surface area contributed by atoms with E-state index in [9.17, 15) is 9.59 Å². The Bertz CT molecular complexity index is 568. The number of hydrogen-bond donors (Lipinski definition) is 1. The van der Waals surface area contributed by atoms with Gasteiger partial charge in [-0.2, -0.15) is 5.10 Å². The Labute approximate surface area is 134 Å². The third-order valence-corrected chi connectivity index (χ3v) is 4.38. The molecule has 1 fully saturated rings. The molecule has 1 aliphatic heterocycles. The van der Waals surface area contributed by atoms with Crippen molar-refractivity contribution in [1.82, 2.24) is 15.1 Å². The molecule has 1 aliphatic rings. The van der Waals surface area contributed by atoms with Crippen molar-refractivity contribution in [3.05, 3.63) is 23.5 Å². The van der Waals surface area contributed by atoms with Gasteiger partial charge in [0.15, 0.2) is 5.12 Å². The highest BCUT2D eigenvalue weighted by Gasteiger charge is 2.21. The normalized spacial score (nSPS) is 20.1. The number of aromatic nitrogens is 2. The first-order chi connectivity index (χ1) is 10.6. The van der Waals surface area contributed by atoms with Crippen molar-refractivity contribution in [3.8, 4) is 0 Å². The zero-order valence-electron chi connectivity index (χ0n) is 12.9. The third kappa shape index (κ3) is 4.99. The molecule has 0 aliphatic carbocycles. The van der Waals surface area contributed by atoms with Crippen LogP contribution >= 0.6 is 11.8 Å². The van der Waals surface area contributed by atoms with E-state index in [0.29, 0.717) is 6.61 Å². The number of rotatable bonds is 5. The number of hydrogen-bond acceptors (Lipinski definition) is 6. The van der Waals surface area contributed by atoms with Gasteiger partial charge in [0.1, 0.15) is 6.54 Å². The largest absolute Gasteiger partial charge is 0.465 e. The number of piperidine rings is 1. The van der Waals surface area contributed by atoms with Crippen molar-refractivity contribution in [2.24, 2.45) is 0 Å². The summed E-state index contributed by atoms with van der Waals surface area (Å²) in [7, 11) is 0. The van der Waals surface area contributed by atoms with Crippen molar-refractivity contribution < 1.29 is 14.3 Å². The van der Waals surface area contributed by atoms with Crippen molar-refractivity contribution in [3.63, 3.8) is 0 Å². The van der Waals surface area contributed by atoms with Crippen LogP contribution in [0.3, 0.4) is 0 Å². The van der Waals surface area contributed by atoms with Gasteiger partial charge in [-0.05, 0) is 37.6 Å². The monoisotopic (exact) mass is 323 g/mol. The van der Waals surface area contributed by atoms with E-state index >= 15 is 0 Å². The maximum absolute atomic E-state index is 11.4. The lowest BCUT2D eigenvalue weighted by atomic mass is 10.0. The SMILES string of the molecule is CCOC(=O)Cn1ccc(/C=C2/CNCCC2SC(C)=O)n1. The molecule has 2 heterocycles. The highest BCUT2D eigenvalue weighted by atomic mass is 32.2. The van der Waals surface area contributed by atoms with Gasteiger partial charge in [0.05, 0.1) is 12.3 Å². The highest BCUT2D eigenvalue weighted by molar-refractivity contribution is 8.14. The number of nitrogens with one attached hydrogen (secondary N) is 1. The number of ether oxygens (including phenoxy) is 1. The molecule has 22 heavy (non-hydrogen) atoms. The summed E-state index contributed by atoms with van der Waals surface area (Å²) in [6.45, 7) is 5.53. The summed E-state index contributed by atoms with van der Waals surface area (Å²) in [6.07, 6.45) is 4.68. The first-order valence-corrected chi connectivity index (χ1v) is 8.24. The van der Waals surface area contributed by atoms with Crippen LogP contribution in [0.25, 0.3) is 6.08 Å². The summed E-state index contributed by atoms with van der Waals surface area (Å²) in [5, 5.41) is 8.00. The molecule has 0 radical (unpaired) electrons. The number of nitrogens with zero attached hydrogens (tertiary/aromatic N) is 2. The van der Waals surface area contributed by atoms with Crippen LogP contribution < -0.4 is 5.32 Å². The lowest BCUT2D eigenvalue weighted by molar-refractivity contribution is -0.144. The summed E-state index contributed by atoms with van der Waals surface area (Å²) in [4.78, 5) is 22.8. The average Bonchev–Trinajstić information content (AvgIpc) is 2.88. The molecule has 0 saturated carbocycles. The number of carbonyl (C=O) groups is 2. The molecule has 1 aromatic heterocycles. The predicted molar refractivity (Wildman–Crippen MR) is 86.4 cm³/mol. The molecule has 0 aromatic carbocycles. The molecule has 1 atom stereocenters. The van der Waals surface area contributed by atoms with Gasteiger partial charge in [-0.15, -0.1) is 0 Å². The van der Waals surface area contributed by atoms with Crippen molar-refractivity contribution in [2.75, 3.05) is 19.7 Å². The minimum Gasteiger partial charge on any atom is -0.465 e. The lowest BCUT2D eigenvalue weighted by Crippen LogP contribution is -2.32. The summed E-state index contributed by atoms with van der Waals surface area (Å²) in [5.41, 5.74) is 1.95. The van der Waals surface area contributed by atoms with E-state index in [4.69, 9.17) is 4.74 Å². The fourth-order valence-corrected chi connectivity index (χ4v) is 3.25. The minimum atomic E-state index is -0.297. The average molecular weight is 323 g/mol. The Hall–Kier alpha value is -1.60. The molecule has 1 unspecified atom stereocenters. The Balaban J connectivity index is 2.05. The second-order valence-electron chi connectivity index (χ2n) is 5.03. The molecule has 0 amide bonds. The van der Waals surface area contributed by atoms with Crippen LogP contribution in [0.5, 0.6) is 0 Å². The predicted octanol–water partition coefficient (Wildman–Crippen LogP) is 1.47. The van der Waals surface area contributed by atoms with E-state index in [-0.39, 0.29) is 22.9 Å². The molecule has 1 aromatic rings. The Morgan fingerprint density at radius 1 is 1.59 bits per heavy atom. The van der Waals surface area contributed by atoms with Crippen molar-refractivity contribution in [2.45, 2.75) is 32.1 Å². The highest BCUT2D eigenvalue weighted by Crippen LogP contribution is 2.26. The van der Waals surface area contributed by atoms with Crippen LogP contribution in [0.15, 0.2) is 17.8 Å². The van der Waals surface area contributed by atoms with Crippen molar-refractivity contribution in [1.29, 1.82) is 0 Å². The van der Waals surface area contributed by atoms with E-state index in [1.54, 1.807) is 24.7 Å². The maximum Gasteiger partial charge on any atom is 0.327 e. The van der Waals surface area contributed by atoms with Crippen molar-refractivity contribution >= 4 is 28.9 Å². The summed E-state index contributed by atoms with van der Waals surface area (Å²) >= 11 is 1.37. The summed E-state index contributed by atoms with van der Waals surface area (Å²) < 4.78 is 6.46. The molecule has 120 valence electrons. The molecular formula is C15H21N3O3S. The van der Waals surface area contributed by atoms with E-state index in [1.807, 2.05) is 12.1 Å². The van der Waals surface area contributed by atoms with E-state index in [1.165, 1.54) is 11.8 Å². The summed E-state index contributed by atoms with van der Waals surface area (Å²) in [5.74, 6) is -0.297. The van der Waals surface area contributed by atoms with Crippen LogP contribution in [0, 0.1) is 0 Å². The number of esters is 1. The van der Waals surface area contributed by atoms with Crippen LogP contribution in [-0.4, -0.2) is 45.8 Å². The molecule has 0 bridgehead atoms. The van der Waals surface area contributed by atoms with Gasteiger partial charge >= 0.3 is 5.97 Å². The van der Waals surface area contributed by atoms with Gasteiger partial charge in [-0.1, -0.05) is 11.8 Å². The second kappa shape index (κ2) is 8.14. The van der Waals surface area contributed by atoms with E-state index < -0.39 is 0 Å². The van der Waals surface area contributed by atoms with E-state index in [2.05, 4.69) is 10.4 Å². The fraction of sp³-hybridized carbons (Fsp3) is 0.533. The van der Waals surface area contributed by atoms with Gasteiger partial charge < -0.3 is 10.1 Å². The van der Waals surface area contributed by atoms with Gasteiger partial charge in [-0.3, -0.25) is 14.3 Å². The van der Waals surface area contributed by atoms with E-state index in [0.717, 1.165) is 30.8 Å². The minimum absolute atomic E-state index is 0.112. The lowest BCUT2D eigenvalue weighted by Gasteiger charge is -2.24. The second-order valence-corrected chi connectivity index (χ2v) is 6.41. The molecule has 7 heteroatoms. The fourth-order valence-electron chi connectivity index (χ4n) is 2.32. The quantitative estimate of drug-likeness (QED) is 0.827. The zero-order valence-corrected chi connectivity index (χ0v) is 13.7. The smallest absolute Gasteiger partial charge is 0.327 e. The van der Waals surface area contributed by atoms with Crippen LogP contribution in [-0.2, 0) is 20.9 Å². The molecule has 1 saturated heterocycles. The molecular weight excluding hydrogens is 302 g/mol. The van der Waals surface area contributed by atoms with Gasteiger partial charge in [0.25, 0.3) is 0 Å². The van der Waals surface area contributed by atoms with Crippen LogP contribution in [0.4, 0.5) is 0 Å². The Morgan fingerprint density at radius 3 is 3.14 bits per heavy atom. The molecule has 0 spiro atoms. The maximum atomic E-state index is 11.4. The van der Waals surface area contributed by atoms with Crippen LogP contribution in [0.2, 0.25) is 0 Å². The third-order valence-electron chi connectivity index (χ3n) is 3.23. The number of thioether (sulfide) groups is 1. The van der Waals surface area contributed by atoms with Gasteiger partial charge in [0.2, 0.25) is 0 Å². The first kappa shape index (κ1) is 16.8. The molecule has 1 N–H and O–H groups in total. The van der Waals surface area contributed by atoms with Crippen LogP contribution in [0.1, 0.15) is 26.0 Å². The number of carbonyl (C=O) groups excluding carboxylic acids is 2. The van der Waals surface area contributed by atoms with Gasteiger partial charge in [0, 0.05) is 24.9 Å².